The van der Waals surface area contributed by atoms with Gasteiger partial charge in [0, 0.05) is 12.2 Å². The fraction of sp³-hybridized carbons (Fsp3) is 0.250. The van der Waals surface area contributed by atoms with Crippen molar-refractivity contribution < 1.29 is 23.5 Å². The van der Waals surface area contributed by atoms with E-state index in [-0.39, 0.29) is 0 Å². The second-order valence-electron chi connectivity index (χ2n) is 1.89. The van der Waals surface area contributed by atoms with E-state index in [1.807, 2.05) is 0 Å². The summed E-state index contributed by atoms with van der Waals surface area (Å²) in [6.07, 6.45) is -0.293. The number of halogens is 1. The Kier molecular flexibility index (Phi) is 5.18. The van der Waals surface area contributed by atoms with Crippen LogP contribution in [-0.2, 0) is 19.1 Å². The number of ether oxygens (including phenoxy) is 2. The van der Waals surface area contributed by atoms with Crippen LogP contribution in [0, 0.1) is 0 Å². The Hall–Kier alpha value is -1.65. The summed E-state index contributed by atoms with van der Waals surface area (Å²) in [4.78, 5) is 20.8. The third-order valence-corrected chi connectivity index (χ3v) is 0.934. The maximum absolute atomic E-state index is 12.5. The van der Waals surface area contributed by atoms with Crippen molar-refractivity contribution in [3.63, 3.8) is 0 Å². The van der Waals surface area contributed by atoms with Gasteiger partial charge in [-0.05, 0) is 0 Å². The van der Waals surface area contributed by atoms with Crippen LogP contribution in [0.4, 0.5) is 4.39 Å². The highest BCUT2D eigenvalue weighted by molar-refractivity contribution is 5.82. The molecule has 13 heavy (non-hydrogen) atoms. The van der Waals surface area contributed by atoms with Crippen LogP contribution in [0.1, 0.15) is 0 Å². The summed E-state index contributed by atoms with van der Waals surface area (Å²) < 4.78 is 20.8. The van der Waals surface area contributed by atoms with Crippen molar-refractivity contribution in [3.8, 4) is 0 Å². The van der Waals surface area contributed by atoms with Crippen LogP contribution in [0.3, 0.4) is 0 Å². The molecule has 0 fully saturated rings. The fourth-order valence-electron chi connectivity index (χ4n) is 0.415. The van der Waals surface area contributed by atoms with E-state index in [2.05, 4.69) is 22.6 Å². The van der Waals surface area contributed by atoms with Crippen LogP contribution in [0.25, 0.3) is 0 Å². The SMILES string of the molecule is C=CC(=O)OCC(F)OC(=O)C=C. The molecular weight excluding hydrogens is 179 g/mol. The number of carbonyl (C=O) groups excluding carboxylic acids is 2. The molecule has 72 valence electrons. The summed E-state index contributed by atoms with van der Waals surface area (Å²) in [5, 5.41) is 0. The van der Waals surface area contributed by atoms with E-state index < -0.39 is 24.9 Å². The van der Waals surface area contributed by atoms with Crippen molar-refractivity contribution in [1.82, 2.24) is 0 Å². The highest BCUT2D eigenvalue weighted by Crippen LogP contribution is 1.96. The Labute approximate surface area is 74.6 Å². The normalized spacial score (nSPS) is 11.2. The van der Waals surface area contributed by atoms with Gasteiger partial charge in [-0.1, -0.05) is 13.2 Å². The molecule has 1 atom stereocenters. The molecule has 0 bridgehead atoms. The molecule has 0 aromatic carbocycles. The first-order chi connectivity index (χ1) is 6.10. The second kappa shape index (κ2) is 5.93. The van der Waals surface area contributed by atoms with Crippen LogP contribution in [0.2, 0.25) is 0 Å². The molecule has 1 unspecified atom stereocenters. The van der Waals surface area contributed by atoms with E-state index in [1.165, 1.54) is 0 Å². The van der Waals surface area contributed by atoms with Gasteiger partial charge in [-0.25, -0.2) is 9.59 Å². The van der Waals surface area contributed by atoms with Gasteiger partial charge >= 0.3 is 11.9 Å². The van der Waals surface area contributed by atoms with Crippen molar-refractivity contribution in [2.75, 3.05) is 6.61 Å². The van der Waals surface area contributed by atoms with Crippen LogP contribution < -0.4 is 0 Å². The van der Waals surface area contributed by atoms with Gasteiger partial charge in [0.2, 0.25) is 0 Å². The molecule has 0 amide bonds. The molecule has 0 N–H and O–H groups in total. The van der Waals surface area contributed by atoms with Gasteiger partial charge in [-0.2, -0.15) is 4.39 Å². The molecule has 0 aliphatic rings. The zero-order valence-electron chi connectivity index (χ0n) is 6.86. The minimum atomic E-state index is -1.98. The summed E-state index contributed by atoms with van der Waals surface area (Å²) in [6, 6.07) is 0. The van der Waals surface area contributed by atoms with Crippen LogP contribution in [0.15, 0.2) is 25.3 Å². The molecule has 0 rings (SSSR count). The maximum Gasteiger partial charge on any atom is 0.332 e. The van der Waals surface area contributed by atoms with Crippen molar-refractivity contribution in [3.05, 3.63) is 25.3 Å². The number of hydrogen-bond donors (Lipinski definition) is 0. The molecule has 4 nitrogen and oxygen atoms in total. The highest BCUT2D eigenvalue weighted by Gasteiger charge is 2.11. The van der Waals surface area contributed by atoms with Crippen LogP contribution in [0.5, 0.6) is 0 Å². The first kappa shape index (κ1) is 11.4. The predicted molar refractivity (Wildman–Crippen MR) is 42.3 cm³/mol. The third-order valence-electron chi connectivity index (χ3n) is 0.934. The molecule has 0 aromatic rings. The van der Waals surface area contributed by atoms with Crippen molar-refractivity contribution in [2.45, 2.75) is 6.36 Å². The van der Waals surface area contributed by atoms with E-state index in [0.717, 1.165) is 12.2 Å². The topological polar surface area (TPSA) is 52.6 Å². The van der Waals surface area contributed by atoms with Gasteiger partial charge in [0.05, 0.1) is 0 Å². The first-order valence-electron chi connectivity index (χ1n) is 3.36. The zero-order valence-corrected chi connectivity index (χ0v) is 6.86. The molecule has 0 saturated carbocycles. The molecule has 0 aliphatic carbocycles. The third kappa shape index (κ3) is 5.60. The van der Waals surface area contributed by atoms with Crippen molar-refractivity contribution in [2.24, 2.45) is 0 Å². The van der Waals surface area contributed by atoms with Gasteiger partial charge in [0.15, 0.2) is 6.61 Å². The monoisotopic (exact) mass is 188 g/mol. The first-order valence-corrected chi connectivity index (χ1v) is 3.36. The minimum absolute atomic E-state index is 0.648. The standard InChI is InChI=1S/C8H9FO4/c1-3-7(10)12-5-6(9)13-8(11)4-2/h3-4,6H,1-2,5H2. The van der Waals surface area contributed by atoms with Crippen LogP contribution in [-0.4, -0.2) is 24.9 Å². The molecule has 0 saturated heterocycles. The quantitative estimate of drug-likeness (QED) is 0.471. The molecule has 5 heteroatoms. The Balaban J connectivity index is 3.68. The smallest absolute Gasteiger partial charge is 0.332 e. The predicted octanol–water partition coefficient (Wildman–Crippen LogP) is 0.740. The van der Waals surface area contributed by atoms with Gasteiger partial charge in [0.1, 0.15) is 0 Å². The van der Waals surface area contributed by atoms with Gasteiger partial charge < -0.3 is 9.47 Å². The van der Waals surface area contributed by atoms with E-state index in [0.29, 0.717) is 0 Å². The van der Waals surface area contributed by atoms with E-state index in [1.54, 1.807) is 0 Å². The maximum atomic E-state index is 12.5. The molecule has 0 spiro atoms. The van der Waals surface area contributed by atoms with E-state index >= 15 is 0 Å². The molecular formula is C8H9FO4. The molecule has 0 radical (unpaired) electrons. The lowest BCUT2D eigenvalue weighted by Gasteiger charge is -2.07. The Morgan fingerprint density at radius 3 is 2.31 bits per heavy atom. The largest absolute Gasteiger partial charge is 0.456 e. The Bertz CT molecular complexity index is 224. The number of hydrogen-bond acceptors (Lipinski definition) is 4. The van der Waals surface area contributed by atoms with Gasteiger partial charge in [0.25, 0.3) is 6.36 Å². The number of alkyl halides is 1. The lowest BCUT2D eigenvalue weighted by molar-refractivity contribution is -0.163. The average Bonchev–Trinajstić information content (AvgIpc) is 2.13. The summed E-state index contributed by atoms with van der Waals surface area (Å²) in [5.41, 5.74) is 0. The van der Waals surface area contributed by atoms with E-state index in [9.17, 15) is 14.0 Å². The van der Waals surface area contributed by atoms with Crippen LogP contribution >= 0.6 is 0 Å². The molecule has 0 heterocycles. The fourth-order valence-corrected chi connectivity index (χ4v) is 0.415. The number of carbonyl (C=O) groups is 2. The lowest BCUT2D eigenvalue weighted by atomic mass is 10.6. The molecule has 0 aromatic heterocycles. The highest BCUT2D eigenvalue weighted by atomic mass is 19.1. The Morgan fingerprint density at radius 1 is 1.31 bits per heavy atom. The van der Waals surface area contributed by atoms with Crippen molar-refractivity contribution in [1.29, 1.82) is 0 Å². The minimum Gasteiger partial charge on any atom is -0.456 e. The second-order valence-corrected chi connectivity index (χ2v) is 1.89. The summed E-state index contributed by atoms with van der Waals surface area (Å²) in [6.45, 7) is 5.51. The Morgan fingerprint density at radius 2 is 1.85 bits per heavy atom. The summed E-state index contributed by atoms with van der Waals surface area (Å²) >= 11 is 0. The van der Waals surface area contributed by atoms with E-state index in [4.69, 9.17) is 0 Å². The number of rotatable bonds is 5. The number of esters is 2. The average molecular weight is 188 g/mol. The van der Waals surface area contributed by atoms with Gasteiger partial charge in [-0.3, -0.25) is 0 Å². The molecule has 0 aliphatic heterocycles. The lowest BCUT2D eigenvalue weighted by Crippen LogP contribution is -2.19. The summed E-state index contributed by atoms with van der Waals surface area (Å²) in [5.74, 6) is -1.69. The summed E-state index contributed by atoms with van der Waals surface area (Å²) in [7, 11) is 0. The van der Waals surface area contributed by atoms with Crippen molar-refractivity contribution >= 4 is 11.9 Å². The van der Waals surface area contributed by atoms with Gasteiger partial charge in [-0.15, -0.1) is 0 Å². The zero-order chi connectivity index (χ0) is 10.3.